The lowest BCUT2D eigenvalue weighted by atomic mass is 10.0. The molecule has 9 heteroatoms. The van der Waals surface area contributed by atoms with E-state index in [0.717, 1.165) is 11.1 Å². The van der Waals surface area contributed by atoms with Crippen molar-refractivity contribution in [1.29, 1.82) is 0 Å². The molecule has 0 radical (unpaired) electrons. The van der Waals surface area contributed by atoms with E-state index < -0.39 is 41.6 Å². The van der Waals surface area contributed by atoms with Crippen LogP contribution in [-0.2, 0) is 36.7 Å². The summed E-state index contributed by atoms with van der Waals surface area (Å²) in [6, 6.07) is 16.4. The lowest BCUT2D eigenvalue weighted by Gasteiger charge is -2.23. The number of methoxy groups -OCH3 is 1. The van der Waals surface area contributed by atoms with Crippen LogP contribution in [0.15, 0.2) is 60.7 Å². The number of hydrogen-bond donors (Lipinski definition) is 3. The zero-order chi connectivity index (χ0) is 25.8. The van der Waals surface area contributed by atoms with Crippen molar-refractivity contribution >= 4 is 23.9 Å². The SMILES string of the molecule is COC(=O)C(Cc1ccccc1)NC(=O)C(Cc1ccccc1)NC(=O)CNC(=O)OC(C)(C)C. The van der Waals surface area contributed by atoms with Gasteiger partial charge in [0.05, 0.1) is 7.11 Å². The fraction of sp³-hybridized carbons (Fsp3) is 0.385. The number of esters is 1. The van der Waals surface area contributed by atoms with Gasteiger partial charge in [-0.25, -0.2) is 9.59 Å². The van der Waals surface area contributed by atoms with Gasteiger partial charge in [0.1, 0.15) is 24.2 Å². The zero-order valence-corrected chi connectivity index (χ0v) is 20.5. The summed E-state index contributed by atoms with van der Waals surface area (Å²) < 4.78 is 9.99. The number of ether oxygens (including phenoxy) is 2. The molecule has 0 heterocycles. The maximum Gasteiger partial charge on any atom is 0.408 e. The number of hydrogen-bond acceptors (Lipinski definition) is 6. The quantitative estimate of drug-likeness (QED) is 0.445. The van der Waals surface area contributed by atoms with Crippen molar-refractivity contribution in [3.05, 3.63) is 71.8 Å². The average Bonchev–Trinajstić information content (AvgIpc) is 2.81. The number of benzene rings is 2. The van der Waals surface area contributed by atoms with E-state index in [1.807, 2.05) is 60.7 Å². The molecule has 2 aromatic rings. The third-order valence-electron chi connectivity index (χ3n) is 4.81. The minimum Gasteiger partial charge on any atom is -0.467 e. The molecule has 2 aromatic carbocycles. The molecule has 0 aliphatic rings. The van der Waals surface area contributed by atoms with Gasteiger partial charge in [-0.15, -0.1) is 0 Å². The van der Waals surface area contributed by atoms with Crippen LogP contribution >= 0.6 is 0 Å². The Morgan fingerprint density at radius 1 is 0.800 bits per heavy atom. The van der Waals surface area contributed by atoms with Crippen LogP contribution in [0.5, 0.6) is 0 Å². The molecule has 0 saturated carbocycles. The first-order chi connectivity index (χ1) is 16.6. The second-order valence-corrected chi connectivity index (χ2v) is 8.94. The van der Waals surface area contributed by atoms with Crippen molar-refractivity contribution in [3.8, 4) is 0 Å². The molecule has 0 bridgehead atoms. The van der Waals surface area contributed by atoms with Crippen molar-refractivity contribution in [2.75, 3.05) is 13.7 Å². The highest BCUT2D eigenvalue weighted by Crippen LogP contribution is 2.08. The summed E-state index contributed by atoms with van der Waals surface area (Å²) in [4.78, 5) is 49.9. The maximum atomic E-state index is 13.2. The summed E-state index contributed by atoms with van der Waals surface area (Å²) in [6.07, 6.45) is -0.333. The fourth-order valence-electron chi connectivity index (χ4n) is 3.23. The van der Waals surface area contributed by atoms with Crippen molar-refractivity contribution in [1.82, 2.24) is 16.0 Å². The number of alkyl carbamates (subject to hydrolysis) is 1. The van der Waals surface area contributed by atoms with Gasteiger partial charge in [-0.3, -0.25) is 9.59 Å². The van der Waals surface area contributed by atoms with Crippen LogP contribution in [0.25, 0.3) is 0 Å². The topological polar surface area (TPSA) is 123 Å². The number of carbonyl (C=O) groups is 4. The van der Waals surface area contributed by atoms with E-state index >= 15 is 0 Å². The van der Waals surface area contributed by atoms with Crippen molar-refractivity contribution in [2.45, 2.75) is 51.3 Å². The van der Waals surface area contributed by atoms with Gasteiger partial charge in [0.25, 0.3) is 0 Å². The summed E-state index contributed by atoms with van der Waals surface area (Å²) in [5, 5.41) is 7.70. The number of amides is 3. The third kappa shape index (κ3) is 10.3. The zero-order valence-electron chi connectivity index (χ0n) is 20.5. The normalized spacial score (nSPS) is 12.6. The highest BCUT2D eigenvalue weighted by molar-refractivity contribution is 5.92. The first-order valence-electron chi connectivity index (χ1n) is 11.3. The average molecular weight is 484 g/mol. The monoisotopic (exact) mass is 483 g/mol. The molecule has 0 aliphatic heterocycles. The van der Waals surface area contributed by atoms with Gasteiger partial charge in [-0.1, -0.05) is 60.7 Å². The minimum absolute atomic E-state index is 0.185. The van der Waals surface area contributed by atoms with E-state index in [-0.39, 0.29) is 19.4 Å². The molecule has 0 spiro atoms. The molecule has 0 aromatic heterocycles. The number of rotatable bonds is 10. The second kappa shape index (κ2) is 13.1. The van der Waals surface area contributed by atoms with Gasteiger partial charge in [0, 0.05) is 12.8 Å². The summed E-state index contributed by atoms with van der Waals surface area (Å²) in [5.41, 5.74) is 0.942. The highest BCUT2D eigenvalue weighted by atomic mass is 16.6. The van der Waals surface area contributed by atoms with E-state index in [2.05, 4.69) is 16.0 Å². The van der Waals surface area contributed by atoms with Crippen molar-refractivity contribution < 1.29 is 28.7 Å². The Bertz CT molecular complexity index is 989. The summed E-state index contributed by atoms with van der Waals surface area (Å²) in [5.74, 6) is -1.73. The molecular weight excluding hydrogens is 450 g/mol. The van der Waals surface area contributed by atoms with E-state index in [4.69, 9.17) is 9.47 Å². The first-order valence-corrected chi connectivity index (χ1v) is 11.3. The Labute approximate surface area is 205 Å². The second-order valence-electron chi connectivity index (χ2n) is 8.94. The van der Waals surface area contributed by atoms with E-state index in [1.54, 1.807) is 20.8 Å². The smallest absolute Gasteiger partial charge is 0.408 e. The minimum atomic E-state index is -0.992. The molecule has 3 amide bonds. The fourth-order valence-corrected chi connectivity index (χ4v) is 3.23. The van der Waals surface area contributed by atoms with Crippen LogP contribution in [0, 0.1) is 0 Å². The van der Waals surface area contributed by atoms with Crippen molar-refractivity contribution in [3.63, 3.8) is 0 Å². The lowest BCUT2D eigenvalue weighted by Crippen LogP contribution is -2.54. The molecule has 188 valence electrons. The number of nitrogens with one attached hydrogen (secondary N) is 3. The van der Waals surface area contributed by atoms with Gasteiger partial charge in [0.2, 0.25) is 11.8 Å². The Morgan fingerprint density at radius 2 is 1.31 bits per heavy atom. The van der Waals surface area contributed by atoms with Crippen molar-refractivity contribution in [2.24, 2.45) is 0 Å². The molecule has 2 rings (SSSR count). The predicted molar refractivity (Wildman–Crippen MR) is 130 cm³/mol. The molecule has 3 N–H and O–H groups in total. The van der Waals surface area contributed by atoms with Gasteiger partial charge in [-0.2, -0.15) is 0 Å². The Balaban J connectivity index is 2.10. The van der Waals surface area contributed by atoms with Crippen LogP contribution in [0.2, 0.25) is 0 Å². The molecule has 9 nitrogen and oxygen atoms in total. The molecule has 2 atom stereocenters. The summed E-state index contributed by atoms with van der Waals surface area (Å²) in [7, 11) is 1.25. The Hall–Kier alpha value is -3.88. The first kappa shape index (κ1) is 27.4. The number of carbonyl (C=O) groups excluding carboxylic acids is 4. The van der Waals surface area contributed by atoms with E-state index in [1.165, 1.54) is 7.11 Å². The van der Waals surface area contributed by atoms with Gasteiger partial charge in [0.15, 0.2) is 0 Å². The van der Waals surface area contributed by atoms with Gasteiger partial charge < -0.3 is 25.4 Å². The largest absolute Gasteiger partial charge is 0.467 e. The van der Waals surface area contributed by atoms with Gasteiger partial charge >= 0.3 is 12.1 Å². The third-order valence-corrected chi connectivity index (χ3v) is 4.81. The predicted octanol–water partition coefficient (Wildman–Crippen LogP) is 2.14. The highest BCUT2D eigenvalue weighted by Gasteiger charge is 2.28. The molecule has 0 saturated heterocycles. The van der Waals surface area contributed by atoms with Crippen LogP contribution < -0.4 is 16.0 Å². The summed E-state index contributed by atoms with van der Waals surface area (Å²) in [6.45, 7) is 4.75. The van der Waals surface area contributed by atoms with Crippen LogP contribution in [0.4, 0.5) is 4.79 Å². The van der Waals surface area contributed by atoms with Crippen LogP contribution in [0.3, 0.4) is 0 Å². The van der Waals surface area contributed by atoms with E-state index in [9.17, 15) is 19.2 Å². The van der Waals surface area contributed by atoms with Crippen LogP contribution in [0.1, 0.15) is 31.9 Å². The molecule has 2 unspecified atom stereocenters. The van der Waals surface area contributed by atoms with Crippen LogP contribution in [-0.4, -0.2) is 55.2 Å². The molecule has 0 fully saturated rings. The molecule has 35 heavy (non-hydrogen) atoms. The Morgan fingerprint density at radius 3 is 1.80 bits per heavy atom. The molecular formula is C26H33N3O6. The standard InChI is InChI=1S/C26H33N3O6/c1-26(2,3)35-25(33)27-17-22(30)28-20(15-18-11-7-5-8-12-18)23(31)29-21(24(32)34-4)16-19-13-9-6-10-14-19/h5-14,20-21H,15-17H2,1-4H3,(H,27,33)(H,28,30)(H,29,31). The van der Waals surface area contributed by atoms with Gasteiger partial charge in [-0.05, 0) is 31.9 Å². The Kier molecular flexibility index (Phi) is 10.3. The van der Waals surface area contributed by atoms with E-state index in [0.29, 0.717) is 0 Å². The summed E-state index contributed by atoms with van der Waals surface area (Å²) >= 11 is 0. The molecule has 0 aliphatic carbocycles. The maximum absolute atomic E-state index is 13.2. The lowest BCUT2D eigenvalue weighted by molar-refractivity contribution is -0.145.